The Balaban J connectivity index is 2.07. The number of fused-ring (bicyclic) bond motifs is 1. The Morgan fingerprint density at radius 2 is 2.05 bits per heavy atom. The van der Waals surface area contributed by atoms with E-state index >= 15 is 0 Å². The second-order valence-corrected chi connectivity index (χ2v) is 6.07. The van der Waals surface area contributed by atoms with Gasteiger partial charge >= 0.3 is 0 Å². The number of rotatable bonds is 1. The fraction of sp³-hybridized carbons (Fsp3) is 0.471. The third kappa shape index (κ3) is 2.37. The van der Waals surface area contributed by atoms with E-state index < -0.39 is 0 Å². The molecule has 2 N–H and O–H groups in total. The van der Waals surface area contributed by atoms with Gasteiger partial charge in [0.05, 0.1) is 5.52 Å². The van der Waals surface area contributed by atoms with Crippen molar-refractivity contribution in [3.8, 4) is 0 Å². The molecule has 1 fully saturated rings. The number of nitrogens with zero attached hydrogens (tertiary/aromatic N) is 1. The van der Waals surface area contributed by atoms with Crippen LogP contribution in [0.15, 0.2) is 36.5 Å². The molecule has 1 heterocycles. The van der Waals surface area contributed by atoms with Gasteiger partial charge in [-0.05, 0) is 42.9 Å². The van der Waals surface area contributed by atoms with Crippen LogP contribution >= 0.6 is 0 Å². The summed E-state index contributed by atoms with van der Waals surface area (Å²) < 4.78 is 0. The molecule has 1 aromatic carbocycles. The minimum Gasteiger partial charge on any atom is -0.321 e. The Morgan fingerprint density at radius 1 is 1.16 bits per heavy atom. The van der Waals surface area contributed by atoms with Gasteiger partial charge in [-0.15, -0.1) is 0 Å². The number of hydrogen-bond acceptors (Lipinski definition) is 2. The van der Waals surface area contributed by atoms with Gasteiger partial charge < -0.3 is 5.73 Å². The first kappa shape index (κ1) is 12.6. The normalized spacial score (nSPS) is 28.2. The minimum absolute atomic E-state index is 0.173. The van der Waals surface area contributed by atoms with E-state index in [0.717, 1.165) is 24.3 Å². The van der Waals surface area contributed by atoms with Gasteiger partial charge in [0.25, 0.3) is 0 Å². The lowest BCUT2D eigenvalue weighted by molar-refractivity contribution is 0.381. The van der Waals surface area contributed by atoms with Gasteiger partial charge in [0, 0.05) is 17.1 Å². The zero-order chi connectivity index (χ0) is 13.3. The molecule has 0 radical (unpaired) electrons. The summed E-state index contributed by atoms with van der Waals surface area (Å²) in [7, 11) is 0. The van der Waals surface area contributed by atoms with Gasteiger partial charge in [-0.25, -0.2) is 0 Å². The third-order valence-electron chi connectivity index (χ3n) is 4.59. The molecule has 1 saturated carbocycles. The summed E-state index contributed by atoms with van der Waals surface area (Å²) in [6, 6.07) is 10.5. The van der Waals surface area contributed by atoms with Crippen molar-refractivity contribution in [3.63, 3.8) is 0 Å². The summed E-state index contributed by atoms with van der Waals surface area (Å²) >= 11 is 0. The molecule has 2 unspecified atom stereocenters. The molecule has 3 rings (SSSR count). The molecular formula is C17H22N2. The van der Waals surface area contributed by atoms with Gasteiger partial charge in [0.15, 0.2) is 0 Å². The smallest absolute Gasteiger partial charge is 0.0705 e. The first-order chi connectivity index (χ1) is 9.19. The Bertz CT molecular complexity index is 573. The molecule has 0 amide bonds. The number of aromatic nitrogens is 1. The fourth-order valence-corrected chi connectivity index (χ4v) is 3.35. The van der Waals surface area contributed by atoms with E-state index in [0.29, 0.717) is 0 Å². The van der Waals surface area contributed by atoms with Gasteiger partial charge in [-0.3, -0.25) is 4.98 Å². The summed E-state index contributed by atoms with van der Waals surface area (Å²) in [5.41, 5.74) is 8.95. The van der Waals surface area contributed by atoms with Gasteiger partial charge in [0.1, 0.15) is 0 Å². The lowest BCUT2D eigenvalue weighted by Crippen LogP contribution is -2.36. The molecule has 0 aliphatic heterocycles. The van der Waals surface area contributed by atoms with Crippen molar-refractivity contribution in [3.05, 3.63) is 42.1 Å². The molecule has 19 heavy (non-hydrogen) atoms. The van der Waals surface area contributed by atoms with Crippen molar-refractivity contribution < 1.29 is 0 Å². The van der Waals surface area contributed by atoms with Crippen molar-refractivity contribution in [2.75, 3.05) is 0 Å². The van der Waals surface area contributed by atoms with E-state index in [-0.39, 0.29) is 5.54 Å². The monoisotopic (exact) mass is 254 g/mol. The van der Waals surface area contributed by atoms with Crippen molar-refractivity contribution in [1.29, 1.82) is 0 Å². The van der Waals surface area contributed by atoms with E-state index in [2.05, 4.69) is 36.2 Å². The summed E-state index contributed by atoms with van der Waals surface area (Å²) in [5.74, 6) is 0.804. The van der Waals surface area contributed by atoms with Crippen molar-refractivity contribution >= 4 is 10.9 Å². The molecule has 1 aromatic heterocycles. The average molecular weight is 254 g/mol. The second kappa shape index (κ2) is 4.93. The molecule has 0 saturated heterocycles. The average Bonchev–Trinajstić information content (AvgIpc) is 2.61. The number of hydrogen-bond donors (Lipinski definition) is 1. The quantitative estimate of drug-likeness (QED) is 0.781. The lowest BCUT2D eigenvalue weighted by atomic mass is 9.81. The van der Waals surface area contributed by atoms with Crippen LogP contribution in [0.1, 0.15) is 44.6 Å². The van der Waals surface area contributed by atoms with Crippen LogP contribution in [0.2, 0.25) is 0 Å². The van der Waals surface area contributed by atoms with Crippen LogP contribution in [-0.2, 0) is 5.54 Å². The van der Waals surface area contributed by atoms with Crippen LogP contribution in [0.25, 0.3) is 10.9 Å². The zero-order valence-electron chi connectivity index (χ0n) is 11.6. The maximum Gasteiger partial charge on any atom is 0.0705 e. The highest BCUT2D eigenvalue weighted by Gasteiger charge is 2.31. The molecule has 2 heteroatoms. The highest BCUT2D eigenvalue weighted by molar-refractivity contribution is 5.83. The summed E-state index contributed by atoms with van der Waals surface area (Å²) in [5, 5.41) is 1.22. The van der Waals surface area contributed by atoms with Gasteiger partial charge in [-0.1, -0.05) is 38.0 Å². The van der Waals surface area contributed by atoms with E-state index in [4.69, 9.17) is 5.73 Å². The van der Waals surface area contributed by atoms with Gasteiger partial charge in [-0.2, -0.15) is 0 Å². The molecule has 0 bridgehead atoms. The summed E-state index contributed by atoms with van der Waals surface area (Å²) in [6.07, 6.45) is 7.79. The second-order valence-electron chi connectivity index (χ2n) is 6.07. The maximum absolute atomic E-state index is 6.78. The SMILES string of the molecule is CC1CCCC(N)(c2cccc3ncccc23)CC1. The van der Waals surface area contributed by atoms with Crippen LogP contribution in [0, 0.1) is 5.92 Å². The summed E-state index contributed by atoms with van der Waals surface area (Å²) in [4.78, 5) is 4.45. The molecular weight excluding hydrogens is 232 g/mol. The molecule has 100 valence electrons. The fourth-order valence-electron chi connectivity index (χ4n) is 3.35. The molecule has 2 nitrogen and oxygen atoms in total. The summed E-state index contributed by atoms with van der Waals surface area (Å²) in [6.45, 7) is 2.34. The molecule has 2 atom stereocenters. The highest BCUT2D eigenvalue weighted by Crippen LogP contribution is 2.38. The molecule has 2 aromatic rings. The Morgan fingerprint density at radius 3 is 2.95 bits per heavy atom. The Kier molecular flexibility index (Phi) is 3.28. The maximum atomic E-state index is 6.78. The topological polar surface area (TPSA) is 38.9 Å². The van der Waals surface area contributed by atoms with Crippen molar-refractivity contribution in [2.45, 2.75) is 44.6 Å². The Labute approximate surface area is 115 Å². The zero-order valence-corrected chi connectivity index (χ0v) is 11.6. The first-order valence-electron chi connectivity index (χ1n) is 7.32. The Hall–Kier alpha value is -1.41. The van der Waals surface area contributed by atoms with E-state index in [1.54, 1.807) is 0 Å². The first-order valence-corrected chi connectivity index (χ1v) is 7.32. The third-order valence-corrected chi connectivity index (χ3v) is 4.59. The van der Waals surface area contributed by atoms with Crippen LogP contribution in [-0.4, -0.2) is 4.98 Å². The van der Waals surface area contributed by atoms with Crippen molar-refractivity contribution in [2.24, 2.45) is 11.7 Å². The van der Waals surface area contributed by atoms with Crippen LogP contribution in [0.4, 0.5) is 0 Å². The standard InChI is InChI=1S/C17H22N2/c1-13-5-3-10-17(18,11-9-13)15-7-2-8-16-14(15)6-4-12-19-16/h2,4,6-8,12-13H,3,5,9-11,18H2,1H3. The van der Waals surface area contributed by atoms with Crippen molar-refractivity contribution in [1.82, 2.24) is 4.98 Å². The van der Waals surface area contributed by atoms with Crippen LogP contribution < -0.4 is 5.73 Å². The highest BCUT2D eigenvalue weighted by atomic mass is 14.7. The molecule has 1 aliphatic carbocycles. The number of nitrogens with two attached hydrogens (primary N) is 1. The molecule has 1 aliphatic rings. The molecule has 0 spiro atoms. The van der Waals surface area contributed by atoms with E-state index in [9.17, 15) is 0 Å². The van der Waals surface area contributed by atoms with E-state index in [1.807, 2.05) is 12.3 Å². The predicted molar refractivity (Wildman–Crippen MR) is 79.9 cm³/mol. The number of pyridine rings is 1. The van der Waals surface area contributed by atoms with E-state index in [1.165, 1.54) is 30.2 Å². The largest absolute Gasteiger partial charge is 0.321 e. The van der Waals surface area contributed by atoms with Gasteiger partial charge in [0.2, 0.25) is 0 Å². The van der Waals surface area contributed by atoms with Crippen LogP contribution in [0.5, 0.6) is 0 Å². The predicted octanol–water partition coefficient (Wildman–Crippen LogP) is 3.99. The lowest BCUT2D eigenvalue weighted by Gasteiger charge is -2.30. The number of benzene rings is 1. The van der Waals surface area contributed by atoms with Crippen LogP contribution in [0.3, 0.4) is 0 Å². The minimum atomic E-state index is -0.173.